The highest BCUT2D eigenvalue weighted by atomic mass is 28.2. The van der Waals surface area contributed by atoms with Gasteiger partial charge in [0.1, 0.15) is 0 Å². The topological polar surface area (TPSA) is 39.7 Å². The second-order valence-electron chi connectivity index (χ2n) is 5.04. The number of ether oxygens (including phenoxy) is 2. The zero-order valence-corrected chi connectivity index (χ0v) is 14.2. The van der Waals surface area contributed by atoms with Crippen LogP contribution < -0.4 is 5.32 Å². The van der Waals surface area contributed by atoms with Crippen LogP contribution in [0.2, 0.25) is 0 Å². The van der Waals surface area contributed by atoms with Crippen molar-refractivity contribution < 1.29 is 13.9 Å². The van der Waals surface area contributed by atoms with E-state index in [1.165, 1.54) is 32.1 Å². The van der Waals surface area contributed by atoms with Crippen molar-refractivity contribution in [1.29, 1.82) is 0 Å². The van der Waals surface area contributed by atoms with Gasteiger partial charge >= 0.3 is 0 Å². The normalized spacial score (nSPS) is 18.3. The van der Waals surface area contributed by atoms with E-state index in [-0.39, 0.29) is 0 Å². The molecule has 4 nitrogen and oxygen atoms in total. The summed E-state index contributed by atoms with van der Waals surface area (Å²) in [5, 5.41) is 3.65. The summed E-state index contributed by atoms with van der Waals surface area (Å²) < 4.78 is 16.0. The van der Waals surface area contributed by atoms with Crippen LogP contribution in [0.15, 0.2) is 0 Å². The van der Waals surface area contributed by atoms with E-state index < -0.39 is 5.97 Å². The van der Waals surface area contributed by atoms with Crippen molar-refractivity contribution >= 4 is 10.5 Å². The van der Waals surface area contributed by atoms with Crippen LogP contribution in [0.5, 0.6) is 0 Å². The van der Waals surface area contributed by atoms with E-state index in [0.717, 1.165) is 31.8 Å². The molecule has 1 aliphatic carbocycles. The van der Waals surface area contributed by atoms with E-state index in [1.54, 1.807) is 14.2 Å². The van der Waals surface area contributed by atoms with Gasteiger partial charge in [-0.2, -0.15) is 0 Å². The first-order valence-corrected chi connectivity index (χ1v) is 7.97. The molecule has 0 aromatic rings. The zero-order valence-electron chi connectivity index (χ0n) is 12.2. The Hall–Kier alpha value is 0.0569. The first kappa shape index (κ1) is 16.1. The average Bonchev–Trinajstić information content (AvgIpc) is 2.45. The largest absolute Gasteiger partial charge is 0.380 e. The van der Waals surface area contributed by atoms with Crippen molar-refractivity contribution in [3.05, 3.63) is 0 Å². The van der Waals surface area contributed by atoms with E-state index in [1.807, 2.05) is 0 Å². The van der Waals surface area contributed by atoms with Gasteiger partial charge in [-0.1, -0.05) is 19.3 Å². The molecule has 0 spiro atoms. The highest BCUT2D eigenvalue weighted by Crippen LogP contribution is 2.20. The Balaban J connectivity index is 2.06. The zero-order chi connectivity index (χ0) is 13.3. The van der Waals surface area contributed by atoms with Crippen LogP contribution in [0.3, 0.4) is 0 Å². The van der Waals surface area contributed by atoms with Crippen LogP contribution in [0, 0.1) is 0 Å². The number of rotatable bonds is 9. The van der Waals surface area contributed by atoms with Crippen LogP contribution in [-0.2, 0) is 13.9 Å². The standard InChI is InChI=1S/C13H29NO3Si/c1-15-13(16-2,17-18)10-6-7-11-14-12-8-4-3-5-9-12/h12,14H,3-11H2,1-2,18H3. The number of nitrogens with one attached hydrogen (secondary N) is 1. The maximum Gasteiger partial charge on any atom is 0.272 e. The summed E-state index contributed by atoms with van der Waals surface area (Å²) in [6.45, 7) is 1.09. The van der Waals surface area contributed by atoms with Gasteiger partial charge in [0.15, 0.2) is 10.5 Å². The van der Waals surface area contributed by atoms with Crippen LogP contribution >= 0.6 is 0 Å². The van der Waals surface area contributed by atoms with E-state index in [2.05, 4.69) is 5.32 Å². The Labute approximate surface area is 114 Å². The Morgan fingerprint density at radius 3 is 2.33 bits per heavy atom. The molecule has 1 fully saturated rings. The molecule has 0 saturated heterocycles. The summed E-state index contributed by atoms with van der Waals surface area (Å²) in [6, 6.07) is 0.753. The number of hydrogen-bond acceptors (Lipinski definition) is 4. The molecule has 0 bridgehead atoms. The second-order valence-corrected chi connectivity index (χ2v) is 5.45. The summed E-state index contributed by atoms with van der Waals surface area (Å²) in [6.07, 6.45) is 9.91. The van der Waals surface area contributed by atoms with Gasteiger partial charge in [-0.25, -0.2) is 0 Å². The lowest BCUT2D eigenvalue weighted by atomic mass is 9.95. The molecule has 1 aliphatic rings. The van der Waals surface area contributed by atoms with Gasteiger partial charge in [-0.15, -0.1) is 0 Å². The predicted molar refractivity (Wildman–Crippen MR) is 76.5 cm³/mol. The number of hydrogen-bond donors (Lipinski definition) is 1. The summed E-state index contributed by atoms with van der Waals surface area (Å²) in [5.41, 5.74) is 0. The van der Waals surface area contributed by atoms with Crippen LogP contribution in [0.25, 0.3) is 0 Å². The number of methoxy groups -OCH3 is 2. The molecule has 1 saturated carbocycles. The third-order valence-electron chi connectivity index (χ3n) is 3.88. The Kier molecular flexibility index (Phi) is 8.09. The molecule has 18 heavy (non-hydrogen) atoms. The molecule has 0 atom stereocenters. The maximum absolute atomic E-state index is 5.41. The van der Waals surface area contributed by atoms with E-state index in [9.17, 15) is 0 Å². The van der Waals surface area contributed by atoms with Gasteiger partial charge < -0.3 is 19.2 Å². The number of unbranched alkanes of at least 4 members (excludes halogenated alkanes) is 1. The van der Waals surface area contributed by atoms with Crippen LogP contribution in [-0.4, -0.2) is 43.3 Å². The Bertz CT molecular complexity index is 198. The summed E-state index contributed by atoms with van der Waals surface area (Å²) >= 11 is 0. The fraction of sp³-hybridized carbons (Fsp3) is 1.00. The molecule has 0 unspecified atom stereocenters. The lowest BCUT2D eigenvalue weighted by Crippen LogP contribution is -2.37. The Morgan fingerprint density at radius 1 is 1.11 bits per heavy atom. The molecule has 1 rings (SSSR count). The summed E-state index contributed by atoms with van der Waals surface area (Å²) in [4.78, 5) is 0. The third-order valence-corrected chi connectivity index (χ3v) is 4.50. The lowest BCUT2D eigenvalue weighted by molar-refractivity contribution is -0.325. The quantitative estimate of drug-likeness (QED) is 0.391. The van der Waals surface area contributed by atoms with Crippen molar-refractivity contribution in [1.82, 2.24) is 5.32 Å². The average molecular weight is 275 g/mol. The maximum atomic E-state index is 5.41. The molecule has 0 aliphatic heterocycles. The minimum absolute atomic E-state index is 0.625. The van der Waals surface area contributed by atoms with Gasteiger partial charge in [0.25, 0.3) is 5.97 Å². The molecule has 0 aromatic carbocycles. The monoisotopic (exact) mass is 275 g/mol. The lowest BCUT2D eigenvalue weighted by Gasteiger charge is -2.29. The predicted octanol–water partition coefficient (Wildman–Crippen LogP) is 1.32. The van der Waals surface area contributed by atoms with Crippen molar-refractivity contribution in [3.8, 4) is 0 Å². The van der Waals surface area contributed by atoms with E-state index >= 15 is 0 Å². The molecule has 0 heterocycles. The second kappa shape index (κ2) is 9.04. The van der Waals surface area contributed by atoms with Crippen molar-refractivity contribution in [2.45, 2.75) is 63.4 Å². The van der Waals surface area contributed by atoms with Gasteiger partial charge in [-0.3, -0.25) is 0 Å². The SMILES string of the molecule is COC(CCCCNC1CCCCC1)(OC)O[SiH3]. The van der Waals surface area contributed by atoms with Gasteiger partial charge in [-0.05, 0) is 32.2 Å². The minimum atomic E-state index is -0.795. The molecule has 0 amide bonds. The fourth-order valence-corrected chi connectivity index (χ4v) is 3.17. The van der Waals surface area contributed by atoms with Crippen molar-refractivity contribution in [3.63, 3.8) is 0 Å². The van der Waals surface area contributed by atoms with Crippen molar-refractivity contribution in [2.75, 3.05) is 20.8 Å². The van der Waals surface area contributed by atoms with Gasteiger partial charge in [0.05, 0.1) is 0 Å². The highest BCUT2D eigenvalue weighted by Gasteiger charge is 2.27. The minimum Gasteiger partial charge on any atom is -0.380 e. The highest BCUT2D eigenvalue weighted by molar-refractivity contribution is 5.98. The smallest absolute Gasteiger partial charge is 0.272 e. The first-order chi connectivity index (χ1) is 8.76. The molecule has 5 heteroatoms. The van der Waals surface area contributed by atoms with E-state index in [0.29, 0.717) is 10.5 Å². The molecule has 108 valence electrons. The van der Waals surface area contributed by atoms with E-state index in [4.69, 9.17) is 13.9 Å². The molecule has 1 N–H and O–H groups in total. The van der Waals surface area contributed by atoms with Gasteiger partial charge in [0.2, 0.25) is 0 Å². The molecular formula is C13H29NO3Si. The van der Waals surface area contributed by atoms with Crippen molar-refractivity contribution in [2.24, 2.45) is 0 Å². The van der Waals surface area contributed by atoms with Crippen LogP contribution in [0.4, 0.5) is 0 Å². The summed E-state index contributed by atoms with van der Waals surface area (Å²) in [7, 11) is 3.91. The first-order valence-electron chi connectivity index (χ1n) is 7.15. The summed E-state index contributed by atoms with van der Waals surface area (Å²) in [5.74, 6) is -0.795. The fourth-order valence-electron chi connectivity index (χ4n) is 2.64. The third kappa shape index (κ3) is 5.36. The molecule has 0 radical (unpaired) electrons. The molecule has 0 aromatic heterocycles. The Morgan fingerprint density at radius 2 is 1.78 bits per heavy atom. The van der Waals surface area contributed by atoms with Crippen LogP contribution in [0.1, 0.15) is 51.4 Å². The molecular weight excluding hydrogens is 246 g/mol. The van der Waals surface area contributed by atoms with Gasteiger partial charge in [0, 0.05) is 26.7 Å².